The van der Waals surface area contributed by atoms with Crippen LogP contribution in [0, 0.1) is 11.8 Å². The number of rotatable bonds is 11. The number of aromatic nitrogens is 1. The SMILES string of the molecule is COc1ccc2nccc(CCC[C@@H]3CCN(CCCc4ccco4)C[C@@H]3CC(=O)O)c2c1. The number of ether oxygens (including phenoxy) is 1. The highest BCUT2D eigenvalue weighted by molar-refractivity contribution is 5.83. The number of carboxylic acids is 1. The lowest BCUT2D eigenvalue weighted by molar-refractivity contribution is -0.139. The van der Waals surface area contributed by atoms with Crippen molar-refractivity contribution in [3.05, 3.63) is 60.2 Å². The monoisotopic (exact) mass is 450 g/mol. The molecule has 4 rings (SSSR count). The third-order valence-corrected chi connectivity index (χ3v) is 6.95. The molecule has 1 aromatic carbocycles. The number of piperidine rings is 1. The van der Waals surface area contributed by atoms with Gasteiger partial charge in [-0.15, -0.1) is 0 Å². The van der Waals surface area contributed by atoms with Crippen LogP contribution in [0.15, 0.2) is 53.3 Å². The topological polar surface area (TPSA) is 75.8 Å². The fraction of sp³-hybridized carbons (Fsp3) is 0.481. The molecule has 0 radical (unpaired) electrons. The van der Waals surface area contributed by atoms with Gasteiger partial charge in [0.25, 0.3) is 0 Å². The quantitative estimate of drug-likeness (QED) is 0.432. The molecular weight excluding hydrogens is 416 g/mol. The lowest BCUT2D eigenvalue weighted by Crippen LogP contribution is -2.41. The van der Waals surface area contributed by atoms with Gasteiger partial charge in [-0.2, -0.15) is 0 Å². The average Bonchev–Trinajstić information content (AvgIpc) is 3.33. The van der Waals surface area contributed by atoms with Gasteiger partial charge in [0, 0.05) is 31.0 Å². The maximum atomic E-state index is 11.5. The molecule has 2 atom stereocenters. The molecule has 0 saturated carbocycles. The molecule has 0 bridgehead atoms. The molecule has 2 aromatic heterocycles. The van der Waals surface area contributed by atoms with E-state index >= 15 is 0 Å². The van der Waals surface area contributed by atoms with Gasteiger partial charge in [-0.05, 0) is 99.0 Å². The Labute approximate surface area is 195 Å². The highest BCUT2D eigenvalue weighted by Crippen LogP contribution is 2.32. The first-order valence-electron chi connectivity index (χ1n) is 12.0. The van der Waals surface area contributed by atoms with Crippen molar-refractivity contribution in [3.8, 4) is 5.75 Å². The third kappa shape index (κ3) is 6.35. The number of hydrogen-bond acceptors (Lipinski definition) is 5. The second-order valence-electron chi connectivity index (χ2n) is 9.14. The molecule has 1 N–H and O–H groups in total. The first-order valence-corrected chi connectivity index (χ1v) is 12.0. The van der Waals surface area contributed by atoms with E-state index in [4.69, 9.17) is 9.15 Å². The molecule has 3 heterocycles. The zero-order chi connectivity index (χ0) is 23.0. The summed E-state index contributed by atoms with van der Waals surface area (Å²) < 4.78 is 10.8. The zero-order valence-corrected chi connectivity index (χ0v) is 19.4. The maximum Gasteiger partial charge on any atom is 0.303 e. The lowest BCUT2D eigenvalue weighted by Gasteiger charge is -2.38. The Bertz CT molecular complexity index is 1030. The van der Waals surface area contributed by atoms with Gasteiger partial charge in [0.15, 0.2) is 0 Å². The van der Waals surface area contributed by atoms with Gasteiger partial charge in [0.05, 0.1) is 18.9 Å². The normalized spacial score (nSPS) is 19.1. The Morgan fingerprint density at radius 1 is 1.21 bits per heavy atom. The van der Waals surface area contributed by atoms with Crippen molar-refractivity contribution in [2.24, 2.45) is 11.8 Å². The molecule has 1 aliphatic heterocycles. The molecule has 1 saturated heterocycles. The molecule has 0 spiro atoms. The number of benzene rings is 1. The number of likely N-dealkylation sites (tertiary alicyclic amines) is 1. The molecule has 176 valence electrons. The number of pyridine rings is 1. The molecule has 1 fully saturated rings. The number of nitrogens with zero attached hydrogens (tertiary/aromatic N) is 2. The number of aliphatic carboxylic acids is 1. The van der Waals surface area contributed by atoms with Gasteiger partial charge in [-0.1, -0.05) is 0 Å². The maximum absolute atomic E-state index is 11.5. The molecule has 0 aliphatic carbocycles. The molecule has 6 heteroatoms. The van der Waals surface area contributed by atoms with Crippen molar-refractivity contribution in [2.75, 3.05) is 26.7 Å². The van der Waals surface area contributed by atoms with Crippen LogP contribution in [-0.2, 0) is 17.6 Å². The summed E-state index contributed by atoms with van der Waals surface area (Å²) in [6.07, 6.45) is 9.97. The van der Waals surface area contributed by atoms with Crippen LogP contribution in [0.25, 0.3) is 10.9 Å². The first-order chi connectivity index (χ1) is 16.1. The summed E-state index contributed by atoms with van der Waals surface area (Å²) >= 11 is 0. The fourth-order valence-corrected chi connectivity index (χ4v) is 5.21. The Morgan fingerprint density at radius 2 is 2.12 bits per heavy atom. The van der Waals surface area contributed by atoms with Crippen LogP contribution < -0.4 is 4.74 Å². The smallest absolute Gasteiger partial charge is 0.303 e. The van der Waals surface area contributed by atoms with Gasteiger partial charge in [0.2, 0.25) is 0 Å². The van der Waals surface area contributed by atoms with Crippen LogP contribution in [0.1, 0.15) is 43.4 Å². The Morgan fingerprint density at radius 3 is 2.91 bits per heavy atom. The Balaban J connectivity index is 1.31. The molecule has 0 unspecified atom stereocenters. The van der Waals surface area contributed by atoms with E-state index in [1.54, 1.807) is 13.4 Å². The van der Waals surface area contributed by atoms with Crippen molar-refractivity contribution in [3.63, 3.8) is 0 Å². The van der Waals surface area contributed by atoms with Crippen molar-refractivity contribution in [1.82, 2.24) is 9.88 Å². The Hall–Kier alpha value is -2.86. The molecule has 0 amide bonds. The van der Waals surface area contributed by atoms with Gasteiger partial charge >= 0.3 is 5.97 Å². The van der Waals surface area contributed by atoms with Crippen LogP contribution in [0.3, 0.4) is 0 Å². The van der Waals surface area contributed by atoms with E-state index in [2.05, 4.69) is 22.0 Å². The second kappa shape index (κ2) is 11.3. The van der Waals surface area contributed by atoms with E-state index in [0.717, 1.165) is 80.6 Å². The van der Waals surface area contributed by atoms with Gasteiger partial charge in [0.1, 0.15) is 11.5 Å². The minimum Gasteiger partial charge on any atom is -0.497 e. The first kappa shape index (κ1) is 23.3. The highest BCUT2D eigenvalue weighted by atomic mass is 16.5. The number of aryl methyl sites for hydroxylation is 2. The highest BCUT2D eigenvalue weighted by Gasteiger charge is 2.30. The summed E-state index contributed by atoms with van der Waals surface area (Å²) in [7, 11) is 1.68. The van der Waals surface area contributed by atoms with Crippen molar-refractivity contribution < 1.29 is 19.1 Å². The number of hydrogen-bond donors (Lipinski definition) is 1. The van der Waals surface area contributed by atoms with Crippen LogP contribution in [-0.4, -0.2) is 47.7 Å². The minimum absolute atomic E-state index is 0.217. The Kier molecular flexibility index (Phi) is 8.00. The number of carboxylic acid groups (broad SMARTS) is 1. The summed E-state index contributed by atoms with van der Waals surface area (Å²) in [4.78, 5) is 18.5. The average molecular weight is 451 g/mol. The van der Waals surface area contributed by atoms with Crippen molar-refractivity contribution in [2.45, 2.75) is 44.9 Å². The standard InChI is InChI=1S/C27H34N2O4/c1-32-24-9-10-26-25(18-24)21(11-13-28-26)6-2-5-20-12-15-29(19-22(20)17-27(30)31)14-3-7-23-8-4-16-33-23/h4,8-11,13,16,18,20,22H,2-3,5-7,12,14-15,17,19H2,1H3,(H,30,31)/t20-,22+/m1/s1. The van der Waals surface area contributed by atoms with E-state index in [1.807, 2.05) is 30.5 Å². The second-order valence-corrected chi connectivity index (χ2v) is 9.14. The molecule has 6 nitrogen and oxygen atoms in total. The van der Waals surface area contributed by atoms with E-state index in [0.29, 0.717) is 5.92 Å². The van der Waals surface area contributed by atoms with E-state index in [-0.39, 0.29) is 12.3 Å². The summed E-state index contributed by atoms with van der Waals surface area (Å²) in [6, 6.07) is 12.0. The van der Waals surface area contributed by atoms with E-state index in [1.165, 1.54) is 5.56 Å². The zero-order valence-electron chi connectivity index (χ0n) is 19.4. The summed E-state index contributed by atoms with van der Waals surface area (Å²) in [6.45, 7) is 2.92. The number of carbonyl (C=O) groups is 1. The minimum atomic E-state index is -0.686. The largest absolute Gasteiger partial charge is 0.497 e. The summed E-state index contributed by atoms with van der Waals surface area (Å²) in [5.74, 6) is 1.86. The molecule has 33 heavy (non-hydrogen) atoms. The van der Waals surface area contributed by atoms with Crippen LogP contribution in [0.5, 0.6) is 5.75 Å². The van der Waals surface area contributed by atoms with E-state index in [9.17, 15) is 9.90 Å². The predicted molar refractivity (Wildman–Crippen MR) is 129 cm³/mol. The van der Waals surface area contributed by atoms with Crippen LogP contribution in [0.4, 0.5) is 0 Å². The fourth-order valence-electron chi connectivity index (χ4n) is 5.21. The van der Waals surface area contributed by atoms with Gasteiger partial charge in [-0.3, -0.25) is 9.78 Å². The molecular formula is C27H34N2O4. The van der Waals surface area contributed by atoms with E-state index < -0.39 is 5.97 Å². The predicted octanol–water partition coefficient (Wildman–Crippen LogP) is 5.20. The third-order valence-electron chi connectivity index (χ3n) is 6.95. The van der Waals surface area contributed by atoms with Gasteiger partial charge in [-0.25, -0.2) is 0 Å². The van der Waals surface area contributed by atoms with Crippen LogP contribution in [0.2, 0.25) is 0 Å². The molecule has 1 aliphatic rings. The van der Waals surface area contributed by atoms with Crippen LogP contribution >= 0.6 is 0 Å². The van der Waals surface area contributed by atoms with Gasteiger partial charge < -0.3 is 19.2 Å². The lowest BCUT2D eigenvalue weighted by atomic mass is 9.79. The number of methoxy groups -OCH3 is 1. The van der Waals surface area contributed by atoms with Crippen molar-refractivity contribution >= 4 is 16.9 Å². The summed E-state index contributed by atoms with van der Waals surface area (Å²) in [5, 5.41) is 10.6. The number of fused-ring (bicyclic) bond motifs is 1. The summed E-state index contributed by atoms with van der Waals surface area (Å²) in [5.41, 5.74) is 2.27. The molecule has 3 aromatic rings. The number of furan rings is 1. The van der Waals surface area contributed by atoms with Crippen molar-refractivity contribution in [1.29, 1.82) is 0 Å².